The second-order valence-electron chi connectivity index (χ2n) is 5.13. The second kappa shape index (κ2) is 4.92. The predicted molar refractivity (Wildman–Crippen MR) is 74.0 cm³/mol. The molecule has 0 N–H and O–H groups in total. The number of rotatable bonds is 1. The minimum atomic E-state index is -0.642. The zero-order valence-corrected chi connectivity index (χ0v) is 12.5. The fraction of sp³-hybridized carbons (Fsp3) is 0.385. The SMILES string of the molecule is CC(C)(C)OC(=O)n1cc(F)c2c(CBr)ccnc21. The number of hydrogen-bond acceptors (Lipinski definition) is 3. The van der Waals surface area contributed by atoms with Gasteiger partial charge in [-0.15, -0.1) is 0 Å². The molecule has 102 valence electrons. The lowest BCUT2D eigenvalue weighted by Gasteiger charge is -2.19. The van der Waals surface area contributed by atoms with Gasteiger partial charge in [-0.2, -0.15) is 0 Å². The van der Waals surface area contributed by atoms with Crippen LogP contribution in [0.4, 0.5) is 9.18 Å². The number of carbonyl (C=O) groups excluding carboxylic acids is 1. The van der Waals surface area contributed by atoms with Crippen LogP contribution in [0.1, 0.15) is 26.3 Å². The van der Waals surface area contributed by atoms with E-state index in [2.05, 4.69) is 20.9 Å². The van der Waals surface area contributed by atoms with Gasteiger partial charge in [0.1, 0.15) is 5.60 Å². The van der Waals surface area contributed by atoms with E-state index in [1.807, 2.05) is 0 Å². The van der Waals surface area contributed by atoms with Gasteiger partial charge in [0, 0.05) is 11.5 Å². The Morgan fingerprint density at radius 3 is 2.79 bits per heavy atom. The van der Waals surface area contributed by atoms with Crippen molar-refractivity contribution in [3.63, 3.8) is 0 Å². The van der Waals surface area contributed by atoms with E-state index in [4.69, 9.17) is 4.74 Å². The summed E-state index contributed by atoms with van der Waals surface area (Å²) in [6.45, 7) is 5.26. The lowest BCUT2D eigenvalue weighted by molar-refractivity contribution is 0.0542. The van der Waals surface area contributed by atoms with Gasteiger partial charge in [0.05, 0.1) is 11.6 Å². The number of fused-ring (bicyclic) bond motifs is 1. The highest BCUT2D eigenvalue weighted by Gasteiger charge is 2.22. The molecule has 19 heavy (non-hydrogen) atoms. The monoisotopic (exact) mass is 328 g/mol. The molecular weight excluding hydrogens is 315 g/mol. The lowest BCUT2D eigenvalue weighted by atomic mass is 10.2. The number of carbonyl (C=O) groups is 1. The van der Waals surface area contributed by atoms with Gasteiger partial charge in [-0.05, 0) is 32.4 Å². The number of pyridine rings is 1. The lowest BCUT2D eigenvalue weighted by Crippen LogP contribution is -2.26. The van der Waals surface area contributed by atoms with Gasteiger partial charge in [0.25, 0.3) is 0 Å². The van der Waals surface area contributed by atoms with Crippen molar-refractivity contribution in [2.75, 3.05) is 0 Å². The van der Waals surface area contributed by atoms with Crippen molar-refractivity contribution in [3.8, 4) is 0 Å². The Morgan fingerprint density at radius 1 is 1.53 bits per heavy atom. The van der Waals surface area contributed by atoms with Gasteiger partial charge in [0.15, 0.2) is 11.5 Å². The van der Waals surface area contributed by atoms with Crippen molar-refractivity contribution in [2.24, 2.45) is 0 Å². The van der Waals surface area contributed by atoms with E-state index >= 15 is 0 Å². The Labute approximate surface area is 118 Å². The molecule has 0 aliphatic carbocycles. The molecule has 0 unspecified atom stereocenters. The van der Waals surface area contributed by atoms with Crippen LogP contribution in [0.5, 0.6) is 0 Å². The summed E-state index contributed by atoms with van der Waals surface area (Å²) in [6.07, 6.45) is 2.01. The van der Waals surface area contributed by atoms with Crippen molar-refractivity contribution in [1.29, 1.82) is 0 Å². The van der Waals surface area contributed by atoms with E-state index in [1.165, 1.54) is 0 Å². The number of hydrogen-bond donors (Lipinski definition) is 0. The maximum absolute atomic E-state index is 14.0. The quantitative estimate of drug-likeness (QED) is 0.747. The topological polar surface area (TPSA) is 44.1 Å². The highest BCUT2D eigenvalue weighted by Crippen LogP contribution is 2.24. The Balaban J connectivity index is 2.54. The highest BCUT2D eigenvalue weighted by molar-refractivity contribution is 9.08. The Bertz CT molecular complexity index is 631. The third-order valence-corrected chi connectivity index (χ3v) is 3.06. The average Bonchev–Trinajstić information content (AvgIpc) is 2.65. The van der Waals surface area contributed by atoms with Crippen molar-refractivity contribution in [3.05, 3.63) is 29.8 Å². The van der Waals surface area contributed by atoms with Gasteiger partial charge in [-0.3, -0.25) is 0 Å². The minimum absolute atomic E-state index is 0.267. The normalized spacial score (nSPS) is 11.8. The number of alkyl halides is 1. The van der Waals surface area contributed by atoms with E-state index in [1.54, 1.807) is 33.0 Å². The molecule has 0 aliphatic rings. The standard InChI is InChI=1S/C13H14BrFN2O2/c1-13(2,3)19-12(18)17-7-9(15)10-8(6-14)4-5-16-11(10)17/h4-5,7H,6H2,1-3H3. The molecule has 0 saturated heterocycles. The van der Waals surface area contributed by atoms with Crippen molar-refractivity contribution in [2.45, 2.75) is 31.7 Å². The first-order valence-electron chi connectivity index (χ1n) is 5.77. The van der Waals surface area contributed by atoms with Crippen LogP contribution in [0.25, 0.3) is 11.0 Å². The molecule has 0 aliphatic heterocycles. The molecule has 0 aromatic carbocycles. The van der Waals surface area contributed by atoms with Crippen LogP contribution in [-0.2, 0) is 10.1 Å². The van der Waals surface area contributed by atoms with Gasteiger partial charge >= 0.3 is 6.09 Å². The number of aromatic nitrogens is 2. The third-order valence-electron chi connectivity index (χ3n) is 2.46. The van der Waals surface area contributed by atoms with Crippen LogP contribution in [0.2, 0.25) is 0 Å². The maximum Gasteiger partial charge on any atom is 0.420 e. The first-order chi connectivity index (χ1) is 8.83. The van der Waals surface area contributed by atoms with E-state index < -0.39 is 17.5 Å². The molecule has 2 rings (SSSR count). The molecule has 4 nitrogen and oxygen atoms in total. The summed E-state index contributed by atoms with van der Waals surface area (Å²) in [4.78, 5) is 16.1. The highest BCUT2D eigenvalue weighted by atomic mass is 79.9. The predicted octanol–water partition coefficient (Wildman–Crippen LogP) is 3.85. The molecule has 2 aromatic heterocycles. The Hall–Kier alpha value is -1.43. The summed E-state index contributed by atoms with van der Waals surface area (Å²) in [5, 5.41) is 0.826. The first-order valence-corrected chi connectivity index (χ1v) is 6.89. The van der Waals surface area contributed by atoms with Crippen molar-refractivity contribution >= 4 is 33.1 Å². The molecule has 0 spiro atoms. The fourth-order valence-electron chi connectivity index (χ4n) is 1.73. The van der Waals surface area contributed by atoms with E-state index in [9.17, 15) is 9.18 Å². The van der Waals surface area contributed by atoms with Crippen LogP contribution in [0.3, 0.4) is 0 Å². The van der Waals surface area contributed by atoms with Gasteiger partial charge in [-0.25, -0.2) is 18.7 Å². The zero-order valence-electron chi connectivity index (χ0n) is 10.9. The molecule has 6 heteroatoms. The Morgan fingerprint density at radius 2 is 2.21 bits per heavy atom. The summed E-state index contributed by atoms with van der Waals surface area (Å²) in [5.41, 5.74) is 0.366. The van der Waals surface area contributed by atoms with E-state index in [-0.39, 0.29) is 5.65 Å². The molecular formula is C13H14BrFN2O2. The fourth-order valence-corrected chi connectivity index (χ4v) is 2.20. The van der Waals surface area contributed by atoms with Crippen LogP contribution < -0.4 is 0 Å². The summed E-state index contributed by atoms with van der Waals surface area (Å²) >= 11 is 3.29. The molecule has 2 aromatic rings. The summed E-state index contributed by atoms with van der Waals surface area (Å²) in [5.74, 6) is -0.483. The van der Waals surface area contributed by atoms with Crippen LogP contribution >= 0.6 is 15.9 Å². The smallest absolute Gasteiger partial charge is 0.420 e. The van der Waals surface area contributed by atoms with Crippen LogP contribution in [0.15, 0.2) is 18.5 Å². The summed E-state index contributed by atoms with van der Waals surface area (Å²) < 4.78 is 20.3. The maximum atomic E-state index is 14.0. The van der Waals surface area contributed by atoms with Crippen molar-refractivity contribution < 1.29 is 13.9 Å². The van der Waals surface area contributed by atoms with Crippen LogP contribution in [0, 0.1) is 5.82 Å². The zero-order chi connectivity index (χ0) is 14.2. The third kappa shape index (κ3) is 2.78. The Kier molecular flexibility index (Phi) is 3.62. The van der Waals surface area contributed by atoms with E-state index in [0.29, 0.717) is 10.7 Å². The van der Waals surface area contributed by atoms with Gasteiger partial charge in [0.2, 0.25) is 0 Å². The molecule has 0 amide bonds. The first kappa shape index (κ1) is 14.0. The molecule has 0 saturated carbocycles. The number of nitrogens with zero attached hydrogens (tertiary/aromatic N) is 2. The summed E-state index contributed by atoms with van der Waals surface area (Å²) in [6, 6.07) is 1.71. The largest absolute Gasteiger partial charge is 0.443 e. The molecule has 0 atom stereocenters. The summed E-state index contributed by atoms with van der Waals surface area (Å²) in [7, 11) is 0. The molecule has 0 radical (unpaired) electrons. The minimum Gasteiger partial charge on any atom is -0.443 e. The van der Waals surface area contributed by atoms with Crippen LogP contribution in [-0.4, -0.2) is 21.2 Å². The van der Waals surface area contributed by atoms with Gasteiger partial charge in [-0.1, -0.05) is 15.9 Å². The number of ether oxygens (including phenoxy) is 1. The van der Waals surface area contributed by atoms with Crippen molar-refractivity contribution in [1.82, 2.24) is 9.55 Å². The molecule has 0 fully saturated rings. The average molecular weight is 329 g/mol. The van der Waals surface area contributed by atoms with E-state index in [0.717, 1.165) is 16.3 Å². The molecule has 2 heterocycles. The second-order valence-corrected chi connectivity index (χ2v) is 5.69. The molecule has 0 bridgehead atoms. The van der Waals surface area contributed by atoms with Gasteiger partial charge < -0.3 is 4.74 Å². The number of halogens is 2.